The van der Waals surface area contributed by atoms with Crippen LogP contribution in [0, 0.1) is 0 Å². The number of amides is 1. The van der Waals surface area contributed by atoms with Gasteiger partial charge in [0.05, 0.1) is 13.7 Å². The maximum Gasteiger partial charge on any atom is 0.330 e. The van der Waals surface area contributed by atoms with Crippen LogP contribution in [0.5, 0.6) is 0 Å². The van der Waals surface area contributed by atoms with Crippen molar-refractivity contribution in [2.75, 3.05) is 13.7 Å². The lowest BCUT2D eigenvalue weighted by molar-refractivity contribution is -0.143. The van der Waals surface area contributed by atoms with E-state index in [-0.39, 0.29) is 0 Å². The molecule has 2 aromatic rings. The van der Waals surface area contributed by atoms with E-state index in [1.54, 1.807) is 12.1 Å². The van der Waals surface area contributed by atoms with Gasteiger partial charge in [-0.2, -0.15) is 0 Å². The zero-order valence-electron chi connectivity index (χ0n) is 11.3. The molecule has 6 heteroatoms. The Bertz CT molecular complexity index is 686. The summed E-state index contributed by atoms with van der Waals surface area (Å²) in [5.74, 6) is -1.13. The van der Waals surface area contributed by atoms with Gasteiger partial charge < -0.3 is 15.2 Å². The van der Waals surface area contributed by atoms with Crippen LogP contribution in [0.3, 0.4) is 0 Å². The van der Waals surface area contributed by atoms with Crippen LogP contribution in [0.2, 0.25) is 0 Å². The van der Waals surface area contributed by atoms with Crippen LogP contribution in [-0.4, -0.2) is 36.7 Å². The molecule has 0 spiro atoms. The van der Waals surface area contributed by atoms with Crippen molar-refractivity contribution in [3.8, 4) is 0 Å². The first-order valence-corrected chi connectivity index (χ1v) is 7.04. The Morgan fingerprint density at radius 1 is 1.24 bits per heavy atom. The van der Waals surface area contributed by atoms with E-state index in [0.29, 0.717) is 5.56 Å². The Morgan fingerprint density at radius 3 is 2.52 bits per heavy atom. The maximum absolute atomic E-state index is 12.3. The highest BCUT2D eigenvalue weighted by Crippen LogP contribution is 2.26. The second kappa shape index (κ2) is 6.69. The fourth-order valence-electron chi connectivity index (χ4n) is 2.02. The van der Waals surface area contributed by atoms with Crippen LogP contribution >= 0.6 is 15.9 Å². The summed E-state index contributed by atoms with van der Waals surface area (Å²) in [6, 6.07) is 9.76. The monoisotopic (exact) mass is 351 g/mol. The molecule has 0 saturated carbocycles. The molecule has 0 aliphatic rings. The third-order valence-corrected chi connectivity index (χ3v) is 3.78. The van der Waals surface area contributed by atoms with Gasteiger partial charge in [0.25, 0.3) is 5.91 Å². The van der Waals surface area contributed by atoms with Crippen LogP contribution < -0.4 is 5.32 Å². The number of benzene rings is 2. The summed E-state index contributed by atoms with van der Waals surface area (Å²) in [5, 5.41) is 13.3. The van der Waals surface area contributed by atoms with E-state index in [0.717, 1.165) is 15.2 Å². The first-order chi connectivity index (χ1) is 10.1. The second-order valence-corrected chi connectivity index (χ2v) is 5.23. The Balaban J connectivity index is 2.36. The molecule has 0 bridgehead atoms. The molecule has 1 amide bonds. The average Bonchev–Trinajstić information content (AvgIpc) is 2.52. The predicted octanol–water partition coefficient (Wildman–Crippen LogP) is 1.87. The van der Waals surface area contributed by atoms with Gasteiger partial charge in [-0.1, -0.05) is 40.2 Å². The van der Waals surface area contributed by atoms with E-state index in [1.807, 2.05) is 24.3 Å². The first kappa shape index (κ1) is 15.5. The van der Waals surface area contributed by atoms with Gasteiger partial charge in [0.2, 0.25) is 0 Å². The zero-order chi connectivity index (χ0) is 15.4. The van der Waals surface area contributed by atoms with Gasteiger partial charge in [0.15, 0.2) is 6.04 Å². The zero-order valence-corrected chi connectivity index (χ0v) is 12.9. The predicted molar refractivity (Wildman–Crippen MR) is 82.0 cm³/mol. The number of methoxy groups -OCH3 is 1. The fraction of sp³-hybridized carbons (Fsp3) is 0.200. The quantitative estimate of drug-likeness (QED) is 0.824. The number of ether oxygens (including phenoxy) is 1. The molecule has 2 aromatic carbocycles. The number of hydrogen-bond acceptors (Lipinski definition) is 4. The molecule has 1 atom stereocenters. The number of fused-ring (bicyclic) bond motifs is 1. The molecule has 21 heavy (non-hydrogen) atoms. The van der Waals surface area contributed by atoms with Crippen molar-refractivity contribution < 1.29 is 19.4 Å². The van der Waals surface area contributed by atoms with Crippen LogP contribution in [0.4, 0.5) is 0 Å². The molecular formula is C15H14BrNO4. The molecule has 1 unspecified atom stereocenters. The van der Waals surface area contributed by atoms with Gasteiger partial charge in [0, 0.05) is 10.0 Å². The van der Waals surface area contributed by atoms with Crippen LogP contribution in [0.25, 0.3) is 10.8 Å². The number of rotatable bonds is 4. The van der Waals surface area contributed by atoms with E-state index in [9.17, 15) is 9.59 Å². The number of hydrogen-bond donors (Lipinski definition) is 2. The maximum atomic E-state index is 12.3. The van der Waals surface area contributed by atoms with Crippen molar-refractivity contribution >= 4 is 38.6 Å². The number of carbonyl (C=O) groups is 2. The topological polar surface area (TPSA) is 75.6 Å². The van der Waals surface area contributed by atoms with Gasteiger partial charge in [-0.25, -0.2) is 4.79 Å². The molecule has 0 aliphatic carbocycles. The van der Waals surface area contributed by atoms with E-state index in [1.165, 1.54) is 7.11 Å². The minimum absolute atomic E-state index is 0.427. The van der Waals surface area contributed by atoms with Crippen molar-refractivity contribution in [3.63, 3.8) is 0 Å². The molecular weight excluding hydrogens is 338 g/mol. The van der Waals surface area contributed by atoms with Crippen molar-refractivity contribution in [3.05, 3.63) is 46.4 Å². The molecule has 0 fully saturated rings. The number of aliphatic hydroxyl groups is 1. The number of aliphatic hydroxyl groups excluding tert-OH is 1. The summed E-state index contributed by atoms with van der Waals surface area (Å²) < 4.78 is 5.40. The molecule has 0 heterocycles. The molecule has 0 aliphatic heterocycles. The van der Waals surface area contributed by atoms with E-state index < -0.39 is 24.5 Å². The van der Waals surface area contributed by atoms with Crippen LogP contribution in [-0.2, 0) is 9.53 Å². The molecule has 2 N–H and O–H groups in total. The normalized spacial score (nSPS) is 12.0. The lowest BCUT2D eigenvalue weighted by atomic mass is 10.0. The van der Waals surface area contributed by atoms with E-state index in [2.05, 4.69) is 26.0 Å². The number of carbonyl (C=O) groups excluding carboxylic acids is 2. The Hall–Kier alpha value is -1.92. The lowest BCUT2D eigenvalue weighted by Gasteiger charge is -2.15. The van der Waals surface area contributed by atoms with Gasteiger partial charge in [-0.3, -0.25) is 4.79 Å². The highest BCUT2D eigenvalue weighted by molar-refractivity contribution is 9.10. The van der Waals surface area contributed by atoms with Gasteiger partial charge in [-0.15, -0.1) is 0 Å². The Labute approximate surface area is 130 Å². The summed E-state index contributed by atoms with van der Waals surface area (Å²) in [6.45, 7) is -0.521. The molecule has 110 valence electrons. The smallest absolute Gasteiger partial charge is 0.330 e. The third kappa shape index (κ3) is 3.22. The van der Waals surface area contributed by atoms with Gasteiger partial charge >= 0.3 is 5.97 Å². The van der Waals surface area contributed by atoms with Crippen molar-refractivity contribution in [1.82, 2.24) is 5.32 Å². The summed E-state index contributed by atoms with van der Waals surface area (Å²) in [4.78, 5) is 23.7. The Kier molecular flexibility index (Phi) is 4.93. The van der Waals surface area contributed by atoms with Crippen molar-refractivity contribution in [2.24, 2.45) is 0 Å². The first-order valence-electron chi connectivity index (χ1n) is 6.25. The van der Waals surface area contributed by atoms with Crippen LogP contribution in [0.1, 0.15) is 10.4 Å². The molecule has 0 saturated heterocycles. The Morgan fingerprint density at radius 2 is 1.90 bits per heavy atom. The van der Waals surface area contributed by atoms with Crippen molar-refractivity contribution in [2.45, 2.75) is 6.04 Å². The molecule has 2 rings (SSSR count). The van der Waals surface area contributed by atoms with Crippen molar-refractivity contribution in [1.29, 1.82) is 0 Å². The highest BCUT2D eigenvalue weighted by Gasteiger charge is 2.22. The van der Waals surface area contributed by atoms with Crippen LogP contribution in [0.15, 0.2) is 40.9 Å². The van der Waals surface area contributed by atoms with E-state index >= 15 is 0 Å². The number of nitrogens with one attached hydrogen (secondary N) is 1. The fourth-order valence-corrected chi connectivity index (χ4v) is 2.50. The van der Waals surface area contributed by atoms with E-state index in [4.69, 9.17) is 5.11 Å². The third-order valence-electron chi connectivity index (χ3n) is 3.09. The second-order valence-electron chi connectivity index (χ2n) is 4.37. The standard InChI is InChI=1S/C15H14BrNO4/c1-21-15(20)13(8-18)17-14(19)11-6-7-12(16)10-5-3-2-4-9(10)11/h2-7,13,18H,8H2,1H3,(H,17,19). The summed E-state index contributed by atoms with van der Waals surface area (Å²) in [6.07, 6.45) is 0. The lowest BCUT2D eigenvalue weighted by Crippen LogP contribution is -2.44. The SMILES string of the molecule is COC(=O)C(CO)NC(=O)c1ccc(Br)c2ccccc12. The number of esters is 1. The van der Waals surface area contributed by atoms with Gasteiger partial charge in [0.1, 0.15) is 0 Å². The minimum Gasteiger partial charge on any atom is -0.467 e. The summed E-state index contributed by atoms with van der Waals surface area (Å²) >= 11 is 3.43. The largest absolute Gasteiger partial charge is 0.467 e. The average molecular weight is 352 g/mol. The summed E-state index contributed by atoms with van der Waals surface area (Å²) in [7, 11) is 1.20. The minimum atomic E-state index is -1.08. The number of halogens is 1. The molecule has 0 radical (unpaired) electrons. The molecule has 5 nitrogen and oxygen atoms in total. The highest BCUT2D eigenvalue weighted by atomic mass is 79.9. The molecule has 0 aromatic heterocycles. The summed E-state index contributed by atoms with van der Waals surface area (Å²) in [5.41, 5.74) is 0.427. The van der Waals surface area contributed by atoms with Gasteiger partial charge in [-0.05, 0) is 22.9 Å².